The molecule has 2 nitrogen and oxygen atoms in total. The molecular formula is C11H14F3NO. The second-order valence-electron chi connectivity index (χ2n) is 3.26. The Morgan fingerprint density at radius 2 is 1.94 bits per heavy atom. The van der Waals surface area contributed by atoms with Gasteiger partial charge in [0.25, 0.3) is 0 Å². The first-order valence-corrected chi connectivity index (χ1v) is 5.07. The molecule has 0 atom stereocenters. The third-order valence-corrected chi connectivity index (χ3v) is 2.02. The second kappa shape index (κ2) is 5.75. The Bertz CT molecular complexity index is 325. The monoisotopic (exact) mass is 233 g/mol. The third-order valence-electron chi connectivity index (χ3n) is 2.02. The zero-order valence-corrected chi connectivity index (χ0v) is 8.97. The molecule has 16 heavy (non-hydrogen) atoms. The van der Waals surface area contributed by atoms with Crippen LogP contribution in [0, 0.1) is 0 Å². The van der Waals surface area contributed by atoms with Crippen LogP contribution in [0.3, 0.4) is 0 Å². The van der Waals surface area contributed by atoms with Gasteiger partial charge in [0.15, 0.2) is 0 Å². The van der Waals surface area contributed by atoms with Crippen molar-refractivity contribution in [3.63, 3.8) is 0 Å². The van der Waals surface area contributed by atoms with E-state index in [1.165, 1.54) is 12.1 Å². The summed E-state index contributed by atoms with van der Waals surface area (Å²) in [6.45, 7) is 3.37. The highest BCUT2D eigenvalue weighted by Crippen LogP contribution is 2.26. The zero-order valence-electron chi connectivity index (χ0n) is 8.97. The molecular weight excluding hydrogens is 219 g/mol. The predicted octanol–water partition coefficient (Wildman–Crippen LogP) is 2.74. The van der Waals surface area contributed by atoms with Gasteiger partial charge in [0.1, 0.15) is 5.75 Å². The molecule has 90 valence electrons. The molecule has 5 heteroatoms. The summed E-state index contributed by atoms with van der Waals surface area (Å²) in [4.78, 5) is 0. The minimum absolute atomic E-state index is 0.118. The smallest absolute Gasteiger partial charge is 0.406 e. The maximum Gasteiger partial charge on any atom is 0.573 e. The lowest BCUT2D eigenvalue weighted by Gasteiger charge is -2.13. The van der Waals surface area contributed by atoms with Crippen LogP contribution < -0.4 is 10.1 Å². The molecule has 1 aromatic rings. The molecule has 0 radical (unpaired) electrons. The maximum atomic E-state index is 12.1. The number of hydrogen-bond donors (Lipinski definition) is 1. The van der Waals surface area contributed by atoms with Gasteiger partial charge in [-0.2, -0.15) is 0 Å². The van der Waals surface area contributed by atoms with Gasteiger partial charge < -0.3 is 10.1 Å². The van der Waals surface area contributed by atoms with Crippen LogP contribution in [0.15, 0.2) is 24.3 Å². The number of halogens is 3. The first-order chi connectivity index (χ1) is 7.53. The van der Waals surface area contributed by atoms with Gasteiger partial charge in [-0.25, -0.2) is 0 Å². The zero-order chi connectivity index (χ0) is 12.0. The van der Waals surface area contributed by atoms with Gasteiger partial charge in [0, 0.05) is 0 Å². The summed E-state index contributed by atoms with van der Waals surface area (Å²) in [5.41, 5.74) is 0.556. The Kier molecular flexibility index (Phi) is 4.61. The Hall–Kier alpha value is -1.23. The van der Waals surface area contributed by atoms with Crippen molar-refractivity contribution < 1.29 is 17.9 Å². The van der Waals surface area contributed by atoms with Gasteiger partial charge in [0.05, 0.1) is 0 Å². The van der Waals surface area contributed by atoms with Crippen LogP contribution in [0.1, 0.15) is 12.5 Å². The van der Waals surface area contributed by atoms with E-state index in [0.29, 0.717) is 18.5 Å². The van der Waals surface area contributed by atoms with Crippen molar-refractivity contribution in [2.24, 2.45) is 0 Å². The lowest BCUT2D eigenvalue weighted by molar-refractivity contribution is -0.274. The predicted molar refractivity (Wildman–Crippen MR) is 55.4 cm³/mol. The summed E-state index contributed by atoms with van der Waals surface area (Å²) in [6, 6.07) is 6.19. The largest absolute Gasteiger partial charge is 0.573 e. The number of alkyl halides is 3. The lowest BCUT2D eigenvalue weighted by Crippen LogP contribution is -2.20. The van der Waals surface area contributed by atoms with Crippen molar-refractivity contribution in [1.82, 2.24) is 5.32 Å². The number of ether oxygens (including phenoxy) is 1. The number of likely N-dealkylation sites (N-methyl/N-ethyl adjacent to an activating group) is 1. The van der Waals surface area contributed by atoms with Gasteiger partial charge in [0.2, 0.25) is 0 Å². The van der Waals surface area contributed by atoms with Crippen LogP contribution in [0.25, 0.3) is 0 Å². The maximum absolute atomic E-state index is 12.1. The molecule has 0 heterocycles. The van der Waals surface area contributed by atoms with E-state index in [2.05, 4.69) is 10.1 Å². The van der Waals surface area contributed by atoms with Gasteiger partial charge in [-0.1, -0.05) is 25.1 Å². The molecule has 0 saturated carbocycles. The van der Waals surface area contributed by atoms with Crippen LogP contribution >= 0.6 is 0 Å². The summed E-state index contributed by atoms with van der Waals surface area (Å²) in [6.07, 6.45) is -4.12. The number of benzene rings is 1. The average molecular weight is 233 g/mol. The minimum Gasteiger partial charge on any atom is -0.406 e. The van der Waals surface area contributed by atoms with E-state index in [-0.39, 0.29) is 5.75 Å². The fourth-order valence-corrected chi connectivity index (χ4v) is 1.33. The van der Waals surface area contributed by atoms with E-state index in [1.54, 1.807) is 12.1 Å². The Labute approximate surface area is 92.4 Å². The fourth-order valence-electron chi connectivity index (χ4n) is 1.33. The van der Waals surface area contributed by atoms with Crippen LogP contribution in [0.2, 0.25) is 0 Å². The number of para-hydroxylation sites is 1. The first kappa shape index (κ1) is 12.8. The summed E-state index contributed by atoms with van der Waals surface area (Å²) < 4.78 is 40.2. The number of rotatable bonds is 5. The Morgan fingerprint density at radius 3 is 2.56 bits per heavy atom. The molecule has 0 spiro atoms. The molecule has 0 amide bonds. The molecule has 1 N–H and O–H groups in total. The standard InChI is InChI=1S/C11H14F3NO/c1-2-15-8-7-9-5-3-4-6-10(9)16-11(12,13)14/h3-6,15H,2,7-8H2,1H3. The van der Waals surface area contributed by atoms with Crippen LogP contribution in [-0.4, -0.2) is 19.5 Å². The summed E-state index contributed by atoms with van der Waals surface area (Å²) in [5, 5.41) is 3.05. The van der Waals surface area contributed by atoms with Gasteiger partial charge in [-0.15, -0.1) is 13.2 Å². The average Bonchev–Trinajstić information content (AvgIpc) is 2.19. The van der Waals surface area contributed by atoms with E-state index in [9.17, 15) is 13.2 Å². The Balaban J connectivity index is 2.68. The highest BCUT2D eigenvalue weighted by atomic mass is 19.4. The van der Waals surface area contributed by atoms with Gasteiger partial charge in [-0.3, -0.25) is 0 Å². The second-order valence-corrected chi connectivity index (χ2v) is 3.26. The molecule has 0 bridgehead atoms. The van der Waals surface area contributed by atoms with Crippen molar-refractivity contribution in [2.45, 2.75) is 19.7 Å². The van der Waals surface area contributed by atoms with Crippen molar-refractivity contribution in [3.8, 4) is 5.75 Å². The molecule has 0 aliphatic rings. The van der Waals surface area contributed by atoms with E-state index in [4.69, 9.17) is 0 Å². The van der Waals surface area contributed by atoms with Crippen LogP contribution in [-0.2, 0) is 6.42 Å². The number of hydrogen-bond acceptors (Lipinski definition) is 2. The van der Waals surface area contributed by atoms with Crippen molar-refractivity contribution >= 4 is 0 Å². The third kappa shape index (κ3) is 4.53. The van der Waals surface area contributed by atoms with E-state index >= 15 is 0 Å². The molecule has 0 aliphatic carbocycles. The quantitative estimate of drug-likeness (QED) is 0.789. The van der Waals surface area contributed by atoms with Crippen LogP contribution in [0.4, 0.5) is 13.2 Å². The van der Waals surface area contributed by atoms with E-state index in [0.717, 1.165) is 6.54 Å². The molecule has 0 saturated heterocycles. The topological polar surface area (TPSA) is 21.3 Å². The molecule has 1 rings (SSSR count). The highest BCUT2D eigenvalue weighted by Gasteiger charge is 2.31. The summed E-state index contributed by atoms with van der Waals surface area (Å²) >= 11 is 0. The van der Waals surface area contributed by atoms with Crippen LogP contribution in [0.5, 0.6) is 5.75 Å². The molecule has 1 aromatic carbocycles. The van der Waals surface area contributed by atoms with Gasteiger partial charge in [-0.05, 0) is 31.1 Å². The van der Waals surface area contributed by atoms with Crippen molar-refractivity contribution in [1.29, 1.82) is 0 Å². The molecule has 0 aliphatic heterocycles. The highest BCUT2D eigenvalue weighted by molar-refractivity contribution is 5.33. The minimum atomic E-state index is -4.63. The van der Waals surface area contributed by atoms with Crippen molar-refractivity contribution in [3.05, 3.63) is 29.8 Å². The lowest BCUT2D eigenvalue weighted by atomic mass is 10.1. The fraction of sp³-hybridized carbons (Fsp3) is 0.455. The van der Waals surface area contributed by atoms with Gasteiger partial charge >= 0.3 is 6.36 Å². The SMILES string of the molecule is CCNCCc1ccccc1OC(F)(F)F. The number of nitrogens with one attached hydrogen (secondary N) is 1. The van der Waals surface area contributed by atoms with E-state index < -0.39 is 6.36 Å². The molecule has 0 unspecified atom stereocenters. The van der Waals surface area contributed by atoms with Crippen molar-refractivity contribution in [2.75, 3.05) is 13.1 Å². The normalized spacial score (nSPS) is 11.5. The summed E-state index contributed by atoms with van der Waals surface area (Å²) in [7, 11) is 0. The molecule has 0 aromatic heterocycles. The van der Waals surface area contributed by atoms with E-state index in [1.807, 2.05) is 6.92 Å². The molecule has 0 fully saturated rings. The first-order valence-electron chi connectivity index (χ1n) is 5.07. The Morgan fingerprint density at radius 1 is 1.25 bits per heavy atom. The summed E-state index contributed by atoms with van der Waals surface area (Å²) in [5.74, 6) is -0.118.